The van der Waals surface area contributed by atoms with Crippen LogP contribution >= 0.6 is 39.1 Å². The van der Waals surface area contributed by atoms with Gasteiger partial charge in [0.05, 0.1) is 5.38 Å². The van der Waals surface area contributed by atoms with Crippen molar-refractivity contribution < 1.29 is 4.79 Å². The Kier molecular flexibility index (Phi) is 4.25. The van der Waals surface area contributed by atoms with E-state index in [0.717, 1.165) is 27.6 Å². The molecule has 1 unspecified atom stereocenters. The second-order valence-corrected chi connectivity index (χ2v) is 6.78. The number of hydrogen-bond acceptors (Lipinski definition) is 1. The molecule has 108 valence electrons. The zero-order chi connectivity index (χ0) is 15.0. The lowest BCUT2D eigenvalue weighted by molar-refractivity contribution is 0.0946. The Hall–Kier alpha value is -1.03. The third kappa shape index (κ3) is 3.10. The Morgan fingerprint density at radius 1 is 1.14 bits per heavy atom. The quantitative estimate of drug-likeness (QED) is 0.746. The topological polar surface area (TPSA) is 29.1 Å². The van der Waals surface area contributed by atoms with Crippen LogP contribution in [0.2, 0.25) is 5.02 Å². The minimum Gasteiger partial charge on any atom is -0.352 e. The molecule has 0 saturated carbocycles. The summed E-state index contributed by atoms with van der Waals surface area (Å²) in [5, 5.41) is 3.13. The highest BCUT2D eigenvalue weighted by Crippen LogP contribution is 2.33. The fourth-order valence-electron chi connectivity index (χ4n) is 2.50. The molecule has 0 fully saturated rings. The maximum absolute atomic E-state index is 11.9. The van der Waals surface area contributed by atoms with E-state index in [-0.39, 0.29) is 11.3 Å². The molecule has 1 aliphatic heterocycles. The Bertz CT molecular complexity index is 697. The summed E-state index contributed by atoms with van der Waals surface area (Å²) in [7, 11) is 0. The van der Waals surface area contributed by atoms with Crippen LogP contribution in [0.15, 0.2) is 40.9 Å². The number of nitrogens with one attached hydrogen (secondary N) is 1. The molecule has 1 amide bonds. The highest BCUT2D eigenvalue weighted by Gasteiger charge is 2.19. The van der Waals surface area contributed by atoms with Crippen molar-refractivity contribution in [3.63, 3.8) is 0 Å². The molecule has 5 heteroatoms. The minimum absolute atomic E-state index is 0.0331. The molecule has 1 atom stereocenters. The van der Waals surface area contributed by atoms with Gasteiger partial charge in [-0.2, -0.15) is 0 Å². The monoisotopic (exact) mass is 383 g/mol. The molecule has 1 N–H and O–H groups in total. The van der Waals surface area contributed by atoms with Gasteiger partial charge in [0, 0.05) is 21.6 Å². The molecule has 0 saturated heterocycles. The Morgan fingerprint density at radius 3 is 2.71 bits per heavy atom. The molecule has 2 aromatic rings. The molecular weight excluding hydrogens is 373 g/mol. The van der Waals surface area contributed by atoms with E-state index in [4.69, 9.17) is 23.2 Å². The van der Waals surface area contributed by atoms with Crippen molar-refractivity contribution in [2.45, 2.75) is 11.8 Å². The molecule has 21 heavy (non-hydrogen) atoms. The van der Waals surface area contributed by atoms with E-state index in [1.165, 1.54) is 0 Å². The molecule has 2 aromatic carbocycles. The van der Waals surface area contributed by atoms with E-state index in [1.54, 1.807) is 0 Å². The van der Waals surface area contributed by atoms with Crippen molar-refractivity contribution >= 4 is 45.0 Å². The van der Waals surface area contributed by atoms with Crippen LogP contribution in [0.5, 0.6) is 0 Å². The van der Waals surface area contributed by atoms with Crippen LogP contribution in [-0.4, -0.2) is 12.5 Å². The molecule has 1 heterocycles. The largest absolute Gasteiger partial charge is 0.352 e. The lowest BCUT2D eigenvalue weighted by Gasteiger charge is -2.19. The van der Waals surface area contributed by atoms with Crippen LogP contribution < -0.4 is 5.32 Å². The molecule has 0 aliphatic carbocycles. The smallest absolute Gasteiger partial charge is 0.251 e. The Morgan fingerprint density at radius 2 is 1.95 bits per heavy atom. The van der Waals surface area contributed by atoms with E-state index >= 15 is 0 Å². The Labute approximate surface area is 141 Å². The van der Waals surface area contributed by atoms with Crippen LogP contribution in [-0.2, 0) is 6.42 Å². The maximum Gasteiger partial charge on any atom is 0.251 e. The van der Waals surface area contributed by atoms with E-state index in [9.17, 15) is 4.79 Å². The molecule has 0 spiro atoms. The van der Waals surface area contributed by atoms with Gasteiger partial charge in [0.2, 0.25) is 0 Å². The molecule has 0 bridgehead atoms. The van der Waals surface area contributed by atoms with Crippen LogP contribution in [0.25, 0.3) is 0 Å². The fraction of sp³-hybridized carbons (Fsp3) is 0.188. The van der Waals surface area contributed by atoms with Crippen LogP contribution in [0.1, 0.15) is 32.4 Å². The number of alkyl halides is 1. The normalized spacial score (nSPS) is 15.3. The van der Waals surface area contributed by atoms with Crippen molar-refractivity contribution in [1.29, 1.82) is 0 Å². The van der Waals surface area contributed by atoms with Gasteiger partial charge in [-0.25, -0.2) is 0 Å². The van der Waals surface area contributed by atoms with E-state index in [0.29, 0.717) is 17.1 Å². The van der Waals surface area contributed by atoms with Crippen molar-refractivity contribution in [2.75, 3.05) is 6.54 Å². The first-order chi connectivity index (χ1) is 10.0. The second kappa shape index (κ2) is 5.99. The summed E-state index contributed by atoms with van der Waals surface area (Å²) < 4.78 is 0.881. The molecule has 0 aromatic heterocycles. The third-order valence-corrected chi connectivity index (χ3v) is 4.71. The van der Waals surface area contributed by atoms with Crippen LogP contribution in [0.4, 0.5) is 0 Å². The number of carbonyl (C=O) groups is 1. The SMILES string of the molecule is O=C1NCCc2ccc(C(Cl)c3cc(Cl)cc(Br)c3)cc21. The predicted octanol–water partition coefficient (Wildman–Crippen LogP) is 4.72. The first-order valence-electron chi connectivity index (χ1n) is 6.55. The second-order valence-electron chi connectivity index (χ2n) is 4.99. The number of fused-ring (bicyclic) bond motifs is 1. The van der Waals surface area contributed by atoms with Crippen molar-refractivity contribution in [3.05, 3.63) is 68.1 Å². The summed E-state index contributed by atoms with van der Waals surface area (Å²) in [5.74, 6) is -0.0331. The van der Waals surface area contributed by atoms with Gasteiger partial charge in [-0.05, 0) is 47.4 Å². The van der Waals surface area contributed by atoms with Gasteiger partial charge >= 0.3 is 0 Å². The van der Waals surface area contributed by atoms with Crippen molar-refractivity contribution in [1.82, 2.24) is 5.32 Å². The summed E-state index contributed by atoms with van der Waals surface area (Å²) in [5.41, 5.74) is 3.57. The highest BCUT2D eigenvalue weighted by atomic mass is 79.9. The molecule has 0 radical (unpaired) electrons. The lowest BCUT2D eigenvalue weighted by atomic mass is 9.95. The summed E-state index contributed by atoms with van der Waals surface area (Å²) in [4.78, 5) is 11.9. The van der Waals surface area contributed by atoms with Gasteiger partial charge in [0.15, 0.2) is 0 Å². The Balaban J connectivity index is 2.00. The molecule has 3 rings (SSSR count). The van der Waals surface area contributed by atoms with Gasteiger partial charge in [0.1, 0.15) is 0 Å². The van der Waals surface area contributed by atoms with Crippen molar-refractivity contribution in [3.8, 4) is 0 Å². The lowest BCUT2D eigenvalue weighted by Crippen LogP contribution is -2.31. The van der Waals surface area contributed by atoms with Crippen LogP contribution in [0, 0.1) is 0 Å². The summed E-state index contributed by atoms with van der Waals surface area (Å²) >= 11 is 16.0. The average molecular weight is 385 g/mol. The maximum atomic E-state index is 11.9. The van der Waals surface area contributed by atoms with Gasteiger partial charge in [0.25, 0.3) is 5.91 Å². The number of halogens is 3. The van der Waals surface area contributed by atoms with E-state index in [1.807, 2.05) is 36.4 Å². The summed E-state index contributed by atoms with van der Waals surface area (Å²) in [6.45, 7) is 0.691. The first kappa shape index (κ1) is 14.9. The van der Waals surface area contributed by atoms with Gasteiger partial charge in [-0.15, -0.1) is 11.6 Å². The molecule has 1 aliphatic rings. The van der Waals surface area contributed by atoms with E-state index < -0.39 is 0 Å². The van der Waals surface area contributed by atoms with Crippen molar-refractivity contribution in [2.24, 2.45) is 0 Å². The zero-order valence-electron chi connectivity index (χ0n) is 11.0. The third-order valence-electron chi connectivity index (χ3n) is 3.53. The number of rotatable bonds is 2. The zero-order valence-corrected chi connectivity index (χ0v) is 14.1. The fourth-order valence-corrected chi connectivity index (χ4v) is 3.65. The number of benzene rings is 2. The number of amides is 1. The predicted molar refractivity (Wildman–Crippen MR) is 89.3 cm³/mol. The van der Waals surface area contributed by atoms with Gasteiger partial charge in [-0.1, -0.05) is 39.7 Å². The summed E-state index contributed by atoms with van der Waals surface area (Å²) in [6, 6.07) is 11.4. The standard InChI is InChI=1S/C16H12BrCl2NO/c17-12-5-11(6-13(18)8-12)15(19)10-2-1-9-3-4-20-16(21)14(9)7-10/h1-2,5-8,15H,3-4H2,(H,20,21). The average Bonchev–Trinajstić information content (AvgIpc) is 2.45. The molecule has 2 nitrogen and oxygen atoms in total. The van der Waals surface area contributed by atoms with Gasteiger partial charge < -0.3 is 5.32 Å². The minimum atomic E-state index is -0.347. The highest BCUT2D eigenvalue weighted by molar-refractivity contribution is 9.10. The number of hydrogen-bond donors (Lipinski definition) is 1. The van der Waals surface area contributed by atoms with Gasteiger partial charge in [-0.3, -0.25) is 4.79 Å². The molecular formula is C16H12BrCl2NO. The van der Waals surface area contributed by atoms with E-state index in [2.05, 4.69) is 21.2 Å². The van der Waals surface area contributed by atoms with Crippen LogP contribution in [0.3, 0.4) is 0 Å². The first-order valence-corrected chi connectivity index (χ1v) is 8.16. The number of carbonyl (C=O) groups excluding carboxylic acids is 1. The summed E-state index contributed by atoms with van der Waals surface area (Å²) in [6.07, 6.45) is 0.858.